The van der Waals surface area contributed by atoms with Crippen molar-refractivity contribution in [1.29, 1.82) is 0 Å². The second kappa shape index (κ2) is 9.91. The first-order valence-electron chi connectivity index (χ1n) is 11.8. The molecule has 1 heterocycles. The predicted molar refractivity (Wildman–Crippen MR) is 127 cm³/mol. The molecule has 0 unspecified atom stereocenters. The van der Waals surface area contributed by atoms with E-state index in [1.165, 1.54) is 28.5 Å². The number of anilines is 1. The van der Waals surface area contributed by atoms with E-state index in [9.17, 15) is 18.0 Å². The summed E-state index contributed by atoms with van der Waals surface area (Å²) >= 11 is 0. The molecule has 1 aromatic rings. The number of nitrogens with one attached hydrogen (secondary N) is 1. The summed E-state index contributed by atoms with van der Waals surface area (Å²) < 4.78 is 26.5. The van der Waals surface area contributed by atoms with Crippen LogP contribution < -0.4 is 10.2 Å². The third-order valence-electron chi connectivity index (χ3n) is 6.83. The van der Waals surface area contributed by atoms with Crippen molar-refractivity contribution in [2.45, 2.75) is 84.2 Å². The van der Waals surface area contributed by atoms with E-state index < -0.39 is 15.6 Å². The van der Waals surface area contributed by atoms with Crippen LogP contribution in [0.25, 0.3) is 0 Å². The zero-order chi connectivity index (χ0) is 23.5. The number of benzene rings is 1. The number of nitrogens with zero attached hydrogens (tertiary/aromatic N) is 2. The van der Waals surface area contributed by atoms with Gasteiger partial charge in [0.1, 0.15) is 5.54 Å². The van der Waals surface area contributed by atoms with Crippen LogP contribution in [-0.4, -0.2) is 55.0 Å². The maximum atomic E-state index is 13.7. The molecule has 8 heteroatoms. The summed E-state index contributed by atoms with van der Waals surface area (Å²) in [7, 11) is -3.62. The smallest absolute Gasteiger partial charge is 0.247 e. The number of hydrogen-bond acceptors (Lipinski definition) is 4. The second-order valence-corrected chi connectivity index (χ2v) is 11.7. The number of carbonyl (C=O) groups excluding carboxylic acids is 2. The van der Waals surface area contributed by atoms with Crippen LogP contribution in [-0.2, 0) is 19.6 Å². The van der Waals surface area contributed by atoms with Crippen LogP contribution in [0.4, 0.5) is 5.69 Å². The Morgan fingerprint density at radius 2 is 1.75 bits per heavy atom. The van der Waals surface area contributed by atoms with Crippen molar-refractivity contribution in [3.05, 3.63) is 29.3 Å². The molecule has 2 fully saturated rings. The van der Waals surface area contributed by atoms with E-state index in [2.05, 4.69) is 5.32 Å². The molecule has 2 aliphatic rings. The van der Waals surface area contributed by atoms with Crippen molar-refractivity contribution in [3.8, 4) is 0 Å². The van der Waals surface area contributed by atoms with Gasteiger partial charge in [0.2, 0.25) is 21.8 Å². The van der Waals surface area contributed by atoms with Crippen LogP contribution >= 0.6 is 0 Å². The first-order chi connectivity index (χ1) is 15.1. The van der Waals surface area contributed by atoms with E-state index >= 15 is 0 Å². The monoisotopic (exact) mass is 463 g/mol. The van der Waals surface area contributed by atoms with Gasteiger partial charge in [-0.15, -0.1) is 0 Å². The molecule has 1 saturated carbocycles. The largest absolute Gasteiger partial charge is 0.351 e. The van der Waals surface area contributed by atoms with Crippen LogP contribution in [0.3, 0.4) is 0 Å². The molecule has 1 atom stereocenters. The number of piperazine rings is 1. The maximum absolute atomic E-state index is 13.7. The van der Waals surface area contributed by atoms with E-state index in [1.54, 1.807) is 13.8 Å². The fourth-order valence-electron chi connectivity index (χ4n) is 4.82. The van der Waals surface area contributed by atoms with Crippen molar-refractivity contribution in [1.82, 2.24) is 9.62 Å². The van der Waals surface area contributed by atoms with Crippen molar-refractivity contribution >= 4 is 27.5 Å². The summed E-state index contributed by atoms with van der Waals surface area (Å²) in [5.41, 5.74) is 1.18. The Morgan fingerprint density at radius 3 is 2.38 bits per heavy atom. The molecule has 3 rings (SSSR count). The topological polar surface area (TPSA) is 86.8 Å². The van der Waals surface area contributed by atoms with Crippen LogP contribution in [0.2, 0.25) is 0 Å². The van der Waals surface area contributed by atoms with Gasteiger partial charge in [0.25, 0.3) is 0 Å². The summed E-state index contributed by atoms with van der Waals surface area (Å²) in [4.78, 5) is 28.7. The minimum atomic E-state index is -3.62. The van der Waals surface area contributed by atoms with Crippen LogP contribution in [0.5, 0.6) is 0 Å². The molecule has 1 aliphatic heterocycles. The summed E-state index contributed by atoms with van der Waals surface area (Å²) in [5, 5.41) is 3.19. The highest BCUT2D eigenvalue weighted by atomic mass is 32.2. The zero-order valence-electron chi connectivity index (χ0n) is 19.8. The van der Waals surface area contributed by atoms with E-state index in [4.69, 9.17) is 0 Å². The van der Waals surface area contributed by atoms with Crippen LogP contribution in [0, 0.1) is 13.8 Å². The van der Waals surface area contributed by atoms with Gasteiger partial charge < -0.3 is 5.32 Å². The molecule has 0 spiro atoms. The molecule has 1 saturated heterocycles. The van der Waals surface area contributed by atoms with E-state index in [1.807, 2.05) is 32.0 Å². The maximum Gasteiger partial charge on any atom is 0.247 e. The lowest BCUT2D eigenvalue weighted by Gasteiger charge is -2.47. The van der Waals surface area contributed by atoms with Gasteiger partial charge in [0, 0.05) is 18.3 Å². The molecule has 0 bridgehead atoms. The molecule has 32 heavy (non-hydrogen) atoms. The molecule has 1 N–H and O–H groups in total. The standard InChI is InChI=1S/C24H37N3O4S/c1-5-32(30,31)26-16-22(28)27(21-15-18(2)13-14-19(21)3)24(4,17-26)23(29)25-20-11-9-7-6-8-10-12-20/h13-15,20H,5-12,16-17H2,1-4H3,(H,25,29)/t24-/m0/s1. The number of sulfonamides is 1. The van der Waals surface area contributed by atoms with Gasteiger partial charge >= 0.3 is 0 Å². The Hall–Kier alpha value is -1.93. The normalized spacial score (nSPS) is 24.1. The third kappa shape index (κ3) is 5.17. The molecule has 0 aromatic heterocycles. The van der Waals surface area contributed by atoms with Gasteiger partial charge in [0.15, 0.2) is 0 Å². The van der Waals surface area contributed by atoms with Gasteiger partial charge in [-0.1, -0.05) is 44.2 Å². The average Bonchev–Trinajstić information content (AvgIpc) is 2.71. The molecular formula is C24H37N3O4S. The van der Waals surface area contributed by atoms with Gasteiger partial charge in [-0.3, -0.25) is 14.5 Å². The van der Waals surface area contributed by atoms with Gasteiger partial charge in [-0.25, -0.2) is 8.42 Å². The van der Waals surface area contributed by atoms with Gasteiger partial charge in [-0.2, -0.15) is 4.31 Å². The average molecular weight is 464 g/mol. The minimum absolute atomic E-state index is 0.0494. The molecular weight excluding hydrogens is 426 g/mol. The molecule has 1 aliphatic carbocycles. The highest BCUT2D eigenvalue weighted by molar-refractivity contribution is 7.89. The van der Waals surface area contributed by atoms with Gasteiger partial charge in [0.05, 0.1) is 12.3 Å². The first-order valence-corrected chi connectivity index (χ1v) is 13.4. The Kier molecular flexibility index (Phi) is 7.65. The molecule has 1 aromatic carbocycles. The van der Waals surface area contributed by atoms with Crippen LogP contribution in [0.1, 0.15) is 69.9 Å². The highest BCUT2D eigenvalue weighted by Crippen LogP contribution is 2.34. The van der Waals surface area contributed by atoms with Crippen molar-refractivity contribution in [3.63, 3.8) is 0 Å². The minimum Gasteiger partial charge on any atom is -0.351 e. The molecule has 178 valence electrons. The lowest BCUT2D eigenvalue weighted by Crippen LogP contribution is -2.71. The Labute approximate surface area is 192 Å². The fraction of sp³-hybridized carbons (Fsp3) is 0.667. The number of carbonyl (C=O) groups is 2. The Balaban J connectivity index is 1.99. The fourth-order valence-corrected chi connectivity index (χ4v) is 5.94. The number of rotatable bonds is 5. The van der Waals surface area contributed by atoms with Crippen molar-refractivity contribution in [2.24, 2.45) is 0 Å². The number of aryl methyl sites for hydroxylation is 2. The van der Waals surface area contributed by atoms with E-state index in [0.717, 1.165) is 36.8 Å². The highest BCUT2D eigenvalue weighted by Gasteiger charge is 2.51. The second-order valence-electron chi connectivity index (χ2n) is 9.48. The van der Waals surface area contributed by atoms with Crippen molar-refractivity contribution < 1.29 is 18.0 Å². The molecule has 7 nitrogen and oxygen atoms in total. The number of hydrogen-bond donors (Lipinski definition) is 1. The third-order valence-corrected chi connectivity index (χ3v) is 8.61. The quantitative estimate of drug-likeness (QED) is 0.726. The SMILES string of the molecule is CCS(=O)(=O)N1CC(=O)N(c2cc(C)ccc2C)[C@](C)(C(=O)NC2CCCCCCC2)C1. The zero-order valence-corrected chi connectivity index (χ0v) is 20.6. The summed E-state index contributed by atoms with van der Waals surface area (Å²) in [6.07, 6.45) is 7.53. The van der Waals surface area contributed by atoms with Gasteiger partial charge in [-0.05, 0) is 57.7 Å². The van der Waals surface area contributed by atoms with Crippen molar-refractivity contribution in [2.75, 3.05) is 23.7 Å². The van der Waals surface area contributed by atoms with E-state index in [0.29, 0.717) is 5.69 Å². The summed E-state index contributed by atoms with van der Waals surface area (Å²) in [5.74, 6) is -0.769. The Bertz CT molecular complexity index is 954. The summed E-state index contributed by atoms with van der Waals surface area (Å²) in [6.45, 7) is 6.79. The molecule has 2 amide bonds. The lowest BCUT2D eigenvalue weighted by molar-refractivity contribution is -0.133. The predicted octanol–water partition coefficient (Wildman–Crippen LogP) is 3.29. The number of amides is 2. The first kappa shape index (κ1) is 24.7. The van der Waals surface area contributed by atoms with Crippen LogP contribution in [0.15, 0.2) is 18.2 Å². The Morgan fingerprint density at radius 1 is 1.12 bits per heavy atom. The van der Waals surface area contributed by atoms with E-state index in [-0.39, 0.29) is 36.7 Å². The summed E-state index contributed by atoms with van der Waals surface area (Å²) in [6, 6.07) is 5.85. The molecule has 0 radical (unpaired) electrons. The lowest BCUT2D eigenvalue weighted by atomic mass is 9.91.